The fourth-order valence-electron chi connectivity index (χ4n) is 1.13. The molecule has 1 aromatic heterocycles. The average molecular weight is 249 g/mol. The molecule has 2 N–H and O–H groups in total. The van der Waals surface area contributed by atoms with Crippen LogP contribution in [0.4, 0.5) is 13.2 Å². The minimum atomic E-state index is -4.66. The first kappa shape index (κ1) is 13.8. The summed E-state index contributed by atoms with van der Waals surface area (Å²) < 4.78 is 42.9. The molecule has 0 aromatic carbocycles. The topological polar surface area (TPSA) is 62.6 Å². The van der Waals surface area contributed by atoms with Crippen molar-refractivity contribution in [2.75, 3.05) is 0 Å². The Bertz CT molecular complexity index is 396. The quantitative estimate of drug-likeness (QED) is 0.768. The lowest BCUT2D eigenvalue weighted by atomic mass is 9.81. The predicted octanol–water partition coefficient (Wildman–Crippen LogP) is 0.567. The minimum Gasteiger partial charge on any atom is -0.475 e. The van der Waals surface area contributed by atoms with E-state index >= 15 is 0 Å². The number of rotatable bonds is 3. The fourth-order valence-corrected chi connectivity index (χ4v) is 1.13. The third kappa shape index (κ3) is 3.60. The van der Waals surface area contributed by atoms with Crippen molar-refractivity contribution in [1.29, 1.82) is 0 Å². The molecular formula is C9H11BF3NO3. The first-order chi connectivity index (χ1) is 7.71. The Labute approximate surface area is 96.2 Å². The standard InChI is InChI=1S/C9H11BF3NO3/c1-5(2)17-8-7(9(11,12)13)3-6(4-14-8)10(15)16/h3-5,15-16H,1-2H3. The summed E-state index contributed by atoms with van der Waals surface area (Å²) >= 11 is 0. The molecule has 1 aromatic rings. The maximum atomic E-state index is 12.7. The summed E-state index contributed by atoms with van der Waals surface area (Å²) in [5.74, 6) is -0.572. The van der Waals surface area contributed by atoms with E-state index in [0.29, 0.717) is 6.07 Å². The smallest absolute Gasteiger partial charge is 0.475 e. The summed E-state index contributed by atoms with van der Waals surface area (Å²) in [6.07, 6.45) is -4.20. The van der Waals surface area contributed by atoms with Crippen LogP contribution in [0.15, 0.2) is 12.3 Å². The van der Waals surface area contributed by atoms with Gasteiger partial charge >= 0.3 is 13.3 Å². The van der Waals surface area contributed by atoms with Gasteiger partial charge in [-0.1, -0.05) is 0 Å². The Morgan fingerprint density at radius 3 is 2.35 bits per heavy atom. The molecule has 0 aliphatic rings. The van der Waals surface area contributed by atoms with Gasteiger partial charge in [-0.2, -0.15) is 13.2 Å². The second kappa shape index (κ2) is 4.93. The van der Waals surface area contributed by atoms with Crippen LogP contribution < -0.4 is 10.2 Å². The van der Waals surface area contributed by atoms with E-state index in [-0.39, 0.29) is 5.46 Å². The molecule has 0 bridgehead atoms. The summed E-state index contributed by atoms with van der Waals surface area (Å²) in [5, 5.41) is 17.6. The molecule has 0 fully saturated rings. The van der Waals surface area contributed by atoms with Crippen LogP contribution in [0.2, 0.25) is 0 Å². The monoisotopic (exact) mass is 249 g/mol. The van der Waals surface area contributed by atoms with Gasteiger partial charge in [0.1, 0.15) is 5.56 Å². The van der Waals surface area contributed by atoms with Gasteiger partial charge in [0.05, 0.1) is 6.10 Å². The SMILES string of the molecule is CC(C)Oc1ncc(B(O)O)cc1C(F)(F)F. The number of ether oxygens (including phenoxy) is 1. The molecule has 0 saturated carbocycles. The van der Waals surface area contributed by atoms with Crippen molar-refractivity contribution < 1.29 is 28.0 Å². The lowest BCUT2D eigenvalue weighted by Crippen LogP contribution is -2.32. The zero-order valence-corrected chi connectivity index (χ0v) is 9.19. The second-order valence-electron chi connectivity index (χ2n) is 3.66. The number of halogens is 3. The molecular weight excluding hydrogens is 238 g/mol. The first-order valence-corrected chi connectivity index (χ1v) is 4.81. The number of alkyl halides is 3. The Hall–Kier alpha value is -1.28. The van der Waals surface area contributed by atoms with E-state index in [9.17, 15) is 13.2 Å². The number of nitrogens with zero attached hydrogens (tertiary/aromatic N) is 1. The van der Waals surface area contributed by atoms with E-state index in [1.54, 1.807) is 13.8 Å². The Morgan fingerprint density at radius 2 is 1.94 bits per heavy atom. The summed E-state index contributed by atoms with van der Waals surface area (Å²) in [6, 6.07) is 0.607. The van der Waals surface area contributed by atoms with Crippen LogP contribution in [-0.4, -0.2) is 28.3 Å². The van der Waals surface area contributed by atoms with E-state index in [1.807, 2.05) is 0 Å². The Balaban J connectivity index is 3.22. The highest BCUT2D eigenvalue weighted by Crippen LogP contribution is 2.34. The van der Waals surface area contributed by atoms with Crippen molar-refractivity contribution in [3.8, 4) is 5.88 Å². The zero-order chi connectivity index (χ0) is 13.2. The maximum Gasteiger partial charge on any atom is 0.490 e. The highest BCUT2D eigenvalue weighted by molar-refractivity contribution is 6.58. The van der Waals surface area contributed by atoms with Gasteiger partial charge in [-0.05, 0) is 19.9 Å². The van der Waals surface area contributed by atoms with Crippen molar-refractivity contribution in [3.05, 3.63) is 17.8 Å². The Kier molecular flexibility index (Phi) is 4.00. The summed E-state index contributed by atoms with van der Waals surface area (Å²) in [6.45, 7) is 3.13. The molecule has 0 atom stereocenters. The van der Waals surface area contributed by atoms with E-state index in [1.165, 1.54) is 0 Å². The number of hydrogen-bond donors (Lipinski definition) is 2. The van der Waals surface area contributed by atoms with Gasteiger partial charge in [0.25, 0.3) is 0 Å². The van der Waals surface area contributed by atoms with Gasteiger partial charge in [0.2, 0.25) is 5.88 Å². The third-order valence-corrected chi connectivity index (χ3v) is 1.82. The van der Waals surface area contributed by atoms with Crippen LogP contribution in [0, 0.1) is 0 Å². The molecule has 0 unspecified atom stereocenters. The van der Waals surface area contributed by atoms with Gasteiger partial charge < -0.3 is 14.8 Å². The highest BCUT2D eigenvalue weighted by atomic mass is 19.4. The van der Waals surface area contributed by atoms with Crippen LogP contribution in [0.5, 0.6) is 5.88 Å². The number of pyridine rings is 1. The van der Waals surface area contributed by atoms with Crippen molar-refractivity contribution in [2.24, 2.45) is 0 Å². The van der Waals surface area contributed by atoms with E-state index in [0.717, 1.165) is 6.20 Å². The van der Waals surface area contributed by atoms with Crippen molar-refractivity contribution in [3.63, 3.8) is 0 Å². The van der Waals surface area contributed by atoms with Gasteiger partial charge in [-0.25, -0.2) is 4.98 Å². The molecule has 1 rings (SSSR count). The van der Waals surface area contributed by atoms with Gasteiger partial charge in [0, 0.05) is 11.7 Å². The lowest BCUT2D eigenvalue weighted by molar-refractivity contribution is -0.139. The maximum absolute atomic E-state index is 12.7. The molecule has 1 heterocycles. The van der Waals surface area contributed by atoms with Gasteiger partial charge in [0.15, 0.2) is 0 Å². The molecule has 0 radical (unpaired) electrons. The third-order valence-electron chi connectivity index (χ3n) is 1.82. The minimum absolute atomic E-state index is 0.339. The molecule has 4 nitrogen and oxygen atoms in total. The highest BCUT2D eigenvalue weighted by Gasteiger charge is 2.36. The molecule has 94 valence electrons. The molecule has 8 heteroatoms. The summed E-state index contributed by atoms with van der Waals surface area (Å²) in [7, 11) is -2.00. The molecule has 17 heavy (non-hydrogen) atoms. The van der Waals surface area contributed by atoms with Crippen molar-refractivity contribution >= 4 is 12.6 Å². The van der Waals surface area contributed by atoms with Crippen LogP contribution in [-0.2, 0) is 6.18 Å². The van der Waals surface area contributed by atoms with E-state index in [2.05, 4.69) is 4.98 Å². The van der Waals surface area contributed by atoms with E-state index < -0.39 is 30.8 Å². The number of hydrogen-bond acceptors (Lipinski definition) is 4. The number of aromatic nitrogens is 1. The van der Waals surface area contributed by atoms with Crippen LogP contribution in [0.3, 0.4) is 0 Å². The normalized spacial score (nSPS) is 11.8. The van der Waals surface area contributed by atoms with Gasteiger partial charge in [-0.15, -0.1) is 0 Å². The molecule has 0 aliphatic heterocycles. The fraction of sp³-hybridized carbons (Fsp3) is 0.444. The molecule has 0 spiro atoms. The zero-order valence-electron chi connectivity index (χ0n) is 9.19. The van der Waals surface area contributed by atoms with E-state index in [4.69, 9.17) is 14.8 Å². The molecule has 0 amide bonds. The Morgan fingerprint density at radius 1 is 1.35 bits per heavy atom. The molecule has 0 saturated heterocycles. The van der Waals surface area contributed by atoms with Crippen LogP contribution in [0.1, 0.15) is 19.4 Å². The van der Waals surface area contributed by atoms with Crippen LogP contribution >= 0.6 is 0 Å². The largest absolute Gasteiger partial charge is 0.490 e. The molecule has 0 aliphatic carbocycles. The average Bonchev–Trinajstić information content (AvgIpc) is 2.15. The summed E-state index contributed by atoms with van der Waals surface area (Å²) in [4.78, 5) is 3.44. The van der Waals surface area contributed by atoms with Crippen molar-refractivity contribution in [1.82, 2.24) is 4.98 Å². The van der Waals surface area contributed by atoms with Crippen molar-refractivity contribution in [2.45, 2.75) is 26.1 Å². The lowest BCUT2D eigenvalue weighted by Gasteiger charge is -2.15. The summed E-state index contributed by atoms with van der Waals surface area (Å²) in [5.41, 5.74) is -1.47. The predicted molar refractivity (Wildman–Crippen MR) is 54.8 cm³/mol. The van der Waals surface area contributed by atoms with Crippen LogP contribution in [0.25, 0.3) is 0 Å². The second-order valence-corrected chi connectivity index (χ2v) is 3.66. The van der Waals surface area contributed by atoms with Gasteiger partial charge in [-0.3, -0.25) is 0 Å². The first-order valence-electron chi connectivity index (χ1n) is 4.81.